The Morgan fingerprint density at radius 3 is 1.89 bits per heavy atom. The van der Waals surface area contributed by atoms with Crippen LogP contribution in [-0.2, 0) is 4.79 Å². The number of carbonyl (C=O) groups excluding carboxylic acids is 1. The first-order chi connectivity index (χ1) is 8.66. The van der Waals surface area contributed by atoms with Crippen molar-refractivity contribution < 1.29 is 4.79 Å². The van der Waals surface area contributed by atoms with E-state index in [0.717, 1.165) is 12.8 Å². The number of piperidine rings is 3. The third-order valence-corrected chi connectivity index (χ3v) is 5.16. The van der Waals surface area contributed by atoms with Crippen molar-refractivity contribution in [2.24, 2.45) is 0 Å². The van der Waals surface area contributed by atoms with Crippen molar-refractivity contribution in [2.75, 3.05) is 0 Å². The van der Waals surface area contributed by atoms with Gasteiger partial charge in [0, 0.05) is 37.0 Å². The molecule has 0 radical (unpaired) electrons. The van der Waals surface area contributed by atoms with Crippen molar-refractivity contribution in [3.8, 4) is 0 Å². The molecule has 2 bridgehead atoms. The van der Waals surface area contributed by atoms with Crippen LogP contribution >= 0.6 is 0 Å². The van der Waals surface area contributed by atoms with Crippen LogP contribution in [0.4, 0.5) is 0 Å². The molecular weight excluding hydrogens is 224 g/mol. The largest absolute Gasteiger partial charge is 0.300 e. The SMILES string of the molecule is CC1CCCC(C)N1N1C2CCCC1CC(=O)C2. The van der Waals surface area contributed by atoms with Crippen LogP contribution in [0.1, 0.15) is 65.2 Å². The molecule has 0 aromatic heterocycles. The van der Waals surface area contributed by atoms with E-state index in [2.05, 4.69) is 23.9 Å². The molecule has 0 aromatic carbocycles. The Morgan fingerprint density at radius 1 is 0.833 bits per heavy atom. The molecule has 3 nitrogen and oxygen atoms in total. The first-order valence-electron chi connectivity index (χ1n) is 7.75. The Bertz CT molecular complexity index is 304. The van der Waals surface area contributed by atoms with Gasteiger partial charge >= 0.3 is 0 Å². The first kappa shape index (κ1) is 12.6. The zero-order valence-corrected chi connectivity index (χ0v) is 11.8. The van der Waals surface area contributed by atoms with Crippen molar-refractivity contribution in [3.63, 3.8) is 0 Å². The third-order valence-electron chi connectivity index (χ3n) is 5.16. The zero-order chi connectivity index (χ0) is 12.7. The van der Waals surface area contributed by atoms with Crippen LogP contribution in [0.3, 0.4) is 0 Å². The lowest BCUT2D eigenvalue weighted by atomic mass is 9.84. The molecule has 0 aromatic rings. The summed E-state index contributed by atoms with van der Waals surface area (Å²) in [6.45, 7) is 4.73. The molecule has 3 saturated heterocycles. The van der Waals surface area contributed by atoms with E-state index in [4.69, 9.17) is 0 Å². The summed E-state index contributed by atoms with van der Waals surface area (Å²) < 4.78 is 0. The minimum absolute atomic E-state index is 0.498. The summed E-state index contributed by atoms with van der Waals surface area (Å²) in [4.78, 5) is 11.8. The fraction of sp³-hybridized carbons (Fsp3) is 0.933. The standard InChI is InChI=1S/C15H26N2O/c1-11-5-3-6-12(2)16(11)17-13-7-4-8-14(17)10-15(18)9-13/h11-14H,3-10H2,1-2H3. The molecule has 0 saturated carbocycles. The lowest BCUT2D eigenvalue weighted by Gasteiger charge is -2.55. The van der Waals surface area contributed by atoms with Crippen molar-refractivity contribution in [1.82, 2.24) is 10.0 Å². The summed E-state index contributed by atoms with van der Waals surface area (Å²) in [5.74, 6) is 0.498. The van der Waals surface area contributed by atoms with Gasteiger partial charge in [0.05, 0.1) is 0 Å². The maximum Gasteiger partial charge on any atom is 0.136 e. The maximum absolute atomic E-state index is 11.8. The van der Waals surface area contributed by atoms with Crippen molar-refractivity contribution in [3.05, 3.63) is 0 Å². The Morgan fingerprint density at radius 2 is 1.33 bits per heavy atom. The molecule has 3 aliphatic rings. The van der Waals surface area contributed by atoms with Gasteiger partial charge in [-0.3, -0.25) is 4.79 Å². The zero-order valence-electron chi connectivity index (χ0n) is 11.8. The molecule has 3 fully saturated rings. The maximum atomic E-state index is 11.8. The molecule has 0 aliphatic carbocycles. The second-order valence-electron chi connectivity index (χ2n) is 6.57. The lowest BCUT2D eigenvalue weighted by molar-refractivity contribution is -0.186. The number of ketones is 1. The van der Waals surface area contributed by atoms with Gasteiger partial charge in [-0.15, -0.1) is 0 Å². The van der Waals surface area contributed by atoms with E-state index in [-0.39, 0.29) is 0 Å². The van der Waals surface area contributed by atoms with Crippen LogP contribution < -0.4 is 0 Å². The summed E-state index contributed by atoms with van der Waals surface area (Å²) in [5.41, 5.74) is 0. The van der Waals surface area contributed by atoms with Crippen LogP contribution in [0.2, 0.25) is 0 Å². The number of rotatable bonds is 1. The second-order valence-corrected chi connectivity index (χ2v) is 6.57. The van der Waals surface area contributed by atoms with Crippen LogP contribution in [-0.4, -0.2) is 40.0 Å². The fourth-order valence-electron chi connectivity index (χ4n) is 4.39. The van der Waals surface area contributed by atoms with Crippen molar-refractivity contribution in [2.45, 2.75) is 89.4 Å². The number of nitrogens with zero attached hydrogens (tertiary/aromatic N) is 2. The number of hydrogen-bond acceptors (Lipinski definition) is 3. The molecule has 0 spiro atoms. The second kappa shape index (κ2) is 4.93. The van der Waals surface area contributed by atoms with Gasteiger partial charge in [-0.2, -0.15) is 0 Å². The topological polar surface area (TPSA) is 23.6 Å². The summed E-state index contributed by atoms with van der Waals surface area (Å²) in [7, 11) is 0. The van der Waals surface area contributed by atoms with Crippen LogP contribution in [0.15, 0.2) is 0 Å². The van der Waals surface area contributed by atoms with Gasteiger partial charge in [0.1, 0.15) is 5.78 Å². The Hall–Kier alpha value is -0.410. The summed E-state index contributed by atoms with van der Waals surface area (Å²) in [6.07, 6.45) is 9.34. The lowest BCUT2D eigenvalue weighted by Crippen LogP contribution is -2.65. The highest BCUT2D eigenvalue weighted by molar-refractivity contribution is 5.80. The van der Waals surface area contributed by atoms with Crippen molar-refractivity contribution >= 4 is 5.78 Å². The van der Waals surface area contributed by atoms with E-state index in [1.54, 1.807) is 0 Å². The number of hydrazine groups is 1. The fourth-order valence-corrected chi connectivity index (χ4v) is 4.39. The molecule has 102 valence electrons. The highest BCUT2D eigenvalue weighted by Gasteiger charge is 2.43. The van der Waals surface area contributed by atoms with E-state index in [1.165, 1.54) is 38.5 Å². The molecule has 4 unspecified atom stereocenters. The van der Waals surface area contributed by atoms with E-state index >= 15 is 0 Å². The molecule has 3 rings (SSSR count). The van der Waals surface area contributed by atoms with E-state index < -0.39 is 0 Å². The number of hydrogen-bond donors (Lipinski definition) is 0. The van der Waals surface area contributed by atoms with E-state index in [9.17, 15) is 4.79 Å². The van der Waals surface area contributed by atoms with Gasteiger partial charge < -0.3 is 0 Å². The monoisotopic (exact) mass is 250 g/mol. The molecule has 18 heavy (non-hydrogen) atoms. The molecule has 0 amide bonds. The molecule has 3 heterocycles. The van der Waals surface area contributed by atoms with E-state index in [0.29, 0.717) is 30.0 Å². The van der Waals surface area contributed by atoms with Gasteiger partial charge in [-0.1, -0.05) is 12.8 Å². The Balaban J connectivity index is 1.83. The average molecular weight is 250 g/mol. The highest BCUT2D eigenvalue weighted by atomic mass is 16.1. The first-order valence-corrected chi connectivity index (χ1v) is 7.75. The molecule has 0 N–H and O–H groups in total. The molecule has 3 heteroatoms. The van der Waals surface area contributed by atoms with Crippen LogP contribution in [0.25, 0.3) is 0 Å². The van der Waals surface area contributed by atoms with E-state index in [1.807, 2.05) is 0 Å². The summed E-state index contributed by atoms with van der Waals surface area (Å²) in [6, 6.07) is 2.33. The van der Waals surface area contributed by atoms with Crippen LogP contribution in [0, 0.1) is 0 Å². The Kier molecular flexibility index (Phi) is 3.46. The Labute approximate surface area is 110 Å². The number of Topliss-reactive ketones (excluding diaryl/α,β-unsaturated/α-hetero) is 1. The minimum Gasteiger partial charge on any atom is -0.300 e. The normalized spacial score (nSPS) is 43.1. The van der Waals surface area contributed by atoms with Gasteiger partial charge in [-0.25, -0.2) is 10.0 Å². The van der Waals surface area contributed by atoms with Crippen LogP contribution in [0.5, 0.6) is 0 Å². The van der Waals surface area contributed by atoms with Gasteiger partial charge in [0.2, 0.25) is 0 Å². The van der Waals surface area contributed by atoms with Crippen molar-refractivity contribution in [1.29, 1.82) is 0 Å². The highest BCUT2D eigenvalue weighted by Crippen LogP contribution is 2.37. The predicted molar refractivity (Wildman–Crippen MR) is 72.1 cm³/mol. The average Bonchev–Trinajstić information content (AvgIpc) is 2.29. The minimum atomic E-state index is 0.498. The molecule has 4 atom stereocenters. The van der Waals surface area contributed by atoms with Gasteiger partial charge in [0.15, 0.2) is 0 Å². The predicted octanol–water partition coefficient (Wildman–Crippen LogP) is 2.75. The quantitative estimate of drug-likeness (QED) is 0.715. The smallest absolute Gasteiger partial charge is 0.136 e. The molecular formula is C15H26N2O. The number of carbonyl (C=O) groups is 1. The molecule has 3 aliphatic heterocycles. The summed E-state index contributed by atoms with van der Waals surface area (Å²) >= 11 is 0. The van der Waals surface area contributed by atoms with Gasteiger partial charge in [-0.05, 0) is 39.5 Å². The van der Waals surface area contributed by atoms with Gasteiger partial charge in [0.25, 0.3) is 0 Å². The number of fused-ring (bicyclic) bond motifs is 2. The summed E-state index contributed by atoms with van der Waals surface area (Å²) in [5, 5.41) is 5.28. The third kappa shape index (κ3) is 2.12.